The quantitative estimate of drug-likeness (QED) is 0.835. The largest absolute Gasteiger partial charge is 0.452 e. The number of carbonyl (C=O) groups excluding carboxylic acids is 2. The number of pyridine rings is 1. The van der Waals surface area contributed by atoms with Gasteiger partial charge in [-0.15, -0.1) is 0 Å². The number of amides is 1. The molecule has 0 saturated carbocycles. The van der Waals surface area contributed by atoms with Gasteiger partial charge in [-0.05, 0) is 63.6 Å². The molecule has 0 unspecified atom stereocenters. The highest BCUT2D eigenvalue weighted by atomic mass is 16.5. The molecule has 138 valence electrons. The SMILES string of the molecule is CC[C@H](C)NC(=O)COC(=O)c1c2c(nc3ccc(C)cc13)CCCC2. The lowest BCUT2D eigenvalue weighted by Crippen LogP contribution is -2.35. The normalized spacial score (nSPS) is 14.6. The molecule has 1 amide bonds. The third kappa shape index (κ3) is 3.87. The van der Waals surface area contributed by atoms with E-state index >= 15 is 0 Å². The van der Waals surface area contributed by atoms with Crippen LogP contribution in [0.3, 0.4) is 0 Å². The third-order valence-corrected chi connectivity index (χ3v) is 4.98. The number of carbonyl (C=O) groups is 2. The van der Waals surface area contributed by atoms with Crippen LogP contribution in [0.4, 0.5) is 0 Å². The number of ether oxygens (including phenoxy) is 1. The van der Waals surface area contributed by atoms with Crippen molar-refractivity contribution in [2.45, 2.75) is 58.9 Å². The van der Waals surface area contributed by atoms with Gasteiger partial charge in [-0.3, -0.25) is 9.78 Å². The van der Waals surface area contributed by atoms with Crippen LogP contribution in [-0.4, -0.2) is 29.5 Å². The van der Waals surface area contributed by atoms with Gasteiger partial charge in [-0.25, -0.2) is 4.79 Å². The van der Waals surface area contributed by atoms with Gasteiger partial charge in [-0.1, -0.05) is 18.6 Å². The maximum Gasteiger partial charge on any atom is 0.339 e. The van der Waals surface area contributed by atoms with Crippen molar-refractivity contribution in [2.24, 2.45) is 0 Å². The smallest absolute Gasteiger partial charge is 0.339 e. The van der Waals surface area contributed by atoms with Crippen LogP contribution in [0.25, 0.3) is 10.9 Å². The zero-order valence-electron chi connectivity index (χ0n) is 15.7. The van der Waals surface area contributed by atoms with Crippen LogP contribution < -0.4 is 5.32 Å². The van der Waals surface area contributed by atoms with Gasteiger partial charge < -0.3 is 10.1 Å². The molecule has 1 atom stereocenters. The Morgan fingerprint density at radius 1 is 1.27 bits per heavy atom. The second-order valence-corrected chi connectivity index (χ2v) is 7.09. The molecule has 0 radical (unpaired) electrons. The van der Waals surface area contributed by atoms with Gasteiger partial charge in [-0.2, -0.15) is 0 Å². The minimum atomic E-state index is -0.430. The lowest BCUT2D eigenvalue weighted by Gasteiger charge is -2.20. The molecule has 2 aromatic rings. The molecule has 0 spiro atoms. The molecule has 0 fully saturated rings. The fourth-order valence-corrected chi connectivity index (χ4v) is 3.39. The molecular weight excluding hydrogens is 328 g/mol. The maximum atomic E-state index is 12.9. The molecule has 1 N–H and O–H groups in total. The Hall–Kier alpha value is -2.43. The summed E-state index contributed by atoms with van der Waals surface area (Å²) in [5, 5.41) is 3.63. The van der Waals surface area contributed by atoms with Gasteiger partial charge in [0.25, 0.3) is 5.91 Å². The fourth-order valence-electron chi connectivity index (χ4n) is 3.39. The topological polar surface area (TPSA) is 68.3 Å². The van der Waals surface area contributed by atoms with Crippen molar-refractivity contribution in [3.05, 3.63) is 40.6 Å². The monoisotopic (exact) mass is 354 g/mol. The number of hydrogen-bond donors (Lipinski definition) is 1. The van der Waals surface area contributed by atoms with E-state index in [9.17, 15) is 9.59 Å². The van der Waals surface area contributed by atoms with E-state index in [-0.39, 0.29) is 18.6 Å². The van der Waals surface area contributed by atoms with Crippen LogP contribution >= 0.6 is 0 Å². The predicted octanol–water partition coefficient (Wildman–Crippen LogP) is 3.49. The van der Waals surface area contributed by atoms with E-state index in [4.69, 9.17) is 9.72 Å². The summed E-state index contributed by atoms with van der Waals surface area (Å²) in [5.74, 6) is -0.698. The first-order valence-corrected chi connectivity index (χ1v) is 9.38. The number of esters is 1. The van der Waals surface area contributed by atoms with Crippen molar-refractivity contribution in [3.8, 4) is 0 Å². The molecule has 1 heterocycles. The van der Waals surface area contributed by atoms with E-state index in [0.717, 1.165) is 59.8 Å². The van der Waals surface area contributed by atoms with Crippen molar-refractivity contribution in [1.29, 1.82) is 0 Å². The van der Waals surface area contributed by atoms with Crippen molar-refractivity contribution >= 4 is 22.8 Å². The molecule has 3 rings (SSSR count). The highest BCUT2D eigenvalue weighted by Crippen LogP contribution is 2.30. The molecule has 1 aliphatic rings. The van der Waals surface area contributed by atoms with Crippen molar-refractivity contribution in [1.82, 2.24) is 10.3 Å². The number of rotatable bonds is 5. The van der Waals surface area contributed by atoms with Crippen LogP contribution in [0.5, 0.6) is 0 Å². The first-order chi connectivity index (χ1) is 12.5. The van der Waals surface area contributed by atoms with E-state index in [2.05, 4.69) is 5.32 Å². The molecule has 0 aliphatic heterocycles. The standard InChI is InChI=1S/C21H26N2O3/c1-4-14(3)22-19(24)12-26-21(25)20-15-7-5-6-8-17(15)23-18-10-9-13(2)11-16(18)20/h9-11,14H,4-8,12H2,1-3H3,(H,22,24)/t14-/m0/s1. The first-order valence-electron chi connectivity index (χ1n) is 9.38. The van der Waals surface area contributed by atoms with Gasteiger partial charge >= 0.3 is 5.97 Å². The number of nitrogens with zero attached hydrogens (tertiary/aromatic N) is 1. The van der Waals surface area contributed by atoms with Gasteiger partial charge in [0.1, 0.15) is 0 Å². The van der Waals surface area contributed by atoms with E-state index in [1.807, 2.05) is 39.0 Å². The Bertz CT molecular complexity index is 845. The van der Waals surface area contributed by atoms with Crippen LogP contribution in [0.15, 0.2) is 18.2 Å². The van der Waals surface area contributed by atoms with E-state index in [1.165, 1.54) is 0 Å². The number of benzene rings is 1. The number of nitrogens with one attached hydrogen (secondary N) is 1. The average Bonchev–Trinajstić information content (AvgIpc) is 2.64. The lowest BCUT2D eigenvalue weighted by atomic mass is 9.89. The van der Waals surface area contributed by atoms with Crippen molar-refractivity contribution in [3.63, 3.8) is 0 Å². The van der Waals surface area contributed by atoms with Crippen LogP contribution in [-0.2, 0) is 22.4 Å². The predicted molar refractivity (Wildman–Crippen MR) is 101 cm³/mol. The Morgan fingerprint density at radius 3 is 2.81 bits per heavy atom. The molecule has 26 heavy (non-hydrogen) atoms. The summed E-state index contributed by atoms with van der Waals surface area (Å²) >= 11 is 0. The second-order valence-electron chi connectivity index (χ2n) is 7.09. The fraction of sp³-hybridized carbons (Fsp3) is 0.476. The van der Waals surface area contributed by atoms with Crippen LogP contribution in [0.2, 0.25) is 0 Å². The van der Waals surface area contributed by atoms with Crippen LogP contribution in [0, 0.1) is 6.92 Å². The van der Waals surface area contributed by atoms with Gasteiger partial charge in [0.2, 0.25) is 0 Å². The summed E-state index contributed by atoms with van der Waals surface area (Å²) in [6, 6.07) is 6.00. The molecule has 1 aliphatic carbocycles. The minimum absolute atomic E-state index is 0.0679. The zero-order chi connectivity index (χ0) is 18.7. The second kappa shape index (κ2) is 7.85. The molecule has 5 nitrogen and oxygen atoms in total. The summed E-state index contributed by atoms with van der Waals surface area (Å²) in [6.07, 6.45) is 4.68. The Kier molecular flexibility index (Phi) is 5.55. The summed E-state index contributed by atoms with van der Waals surface area (Å²) in [7, 11) is 0. The molecule has 0 saturated heterocycles. The zero-order valence-corrected chi connectivity index (χ0v) is 15.7. The number of aryl methyl sites for hydroxylation is 2. The molecule has 1 aromatic heterocycles. The van der Waals surface area contributed by atoms with Gasteiger partial charge in [0.15, 0.2) is 6.61 Å². The Morgan fingerprint density at radius 2 is 2.04 bits per heavy atom. The third-order valence-electron chi connectivity index (χ3n) is 4.98. The summed E-state index contributed by atoms with van der Waals surface area (Å²) in [4.78, 5) is 29.6. The van der Waals surface area contributed by atoms with Gasteiger partial charge in [0.05, 0.1) is 11.1 Å². The number of aromatic nitrogens is 1. The number of fused-ring (bicyclic) bond motifs is 2. The Labute approximate surface area is 154 Å². The van der Waals surface area contributed by atoms with Crippen molar-refractivity contribution in [2.75, 3.05) is 6.61 Å². The van der Waals surface area contributed by atoms with Crippen LogP contribution in [0.1, 0.15) is 60.3 Å². The average molecular weight is 354 g/mol. The lowest BCUT2D eigenvalue weighted by molar-refractivity contribution is -0.124. The molecular formula is C21H26N2O3. The van der Waals surface area contributed by atoms with E-state index < -0.39 is 5.97 Å². The Balaban J connectivity index is 1.91. The minimum Gasteiger partial charge on any atom is -0.452 e. The highest BCUT2D eigenvalue weighted by molar-refractivity contribution is 6.05. The number of hydrogen-bond acceptors (Lipinski definition) is 4. The van der Waals surface area contributed by atoms with Crippen molar-refractivity contribution < 1.29 is 14.3 Å². The van der Waals surface area contributed by atoms with Gasteiger partial charge in [0, 0.05) is 17.1 Å². The maximum absolute atomic E-state index is 12.9. The summed E-state index contributed by atoms with van der Waals surface area (Å²) < 4.78 is 5.37. The summed E-state index contributed by atoms with van der Waals surface area (Å²) in [6.45, 7) is 5.66. The first kappa shape index (κ1) is 18.4. The van der Waals surface area contributed by atoms with E-state index in [0.29, 0.717) is 5.56 Å². The summed E-state index contributed by atoms with van der Waals surface area (Å²) in [5.41, 5.74) is 4.45. The molecule has 5 heteroatoms. The molecule has 1 aromatic carbocycles. The molecule has 0 bridgehead atoms. The van der Waals surface area contributed by atoms with E-state index in [1.54, 1.807) is 0 Å². The highest BCUT2D eigenvalue weighted by Gasteiger charge is 2.24.